The number of carbonyl (C=O) groups excluding carboxylic acids is 1. The molecule has 5 nitrogen and oxygen atoms in total. The van der Waals surface area contributed by atoms with E-state index in [0.717, 1.165) is 63.2 Å². The van der Waals surface area contributed by atoms with Crippen LogP contribution in [-0.2, 0) is 17.8 Å². The molecule has 1 atom stereocenters. The minimum Gasteiger partial charge on any atom is -0.497 e. The number of benzene rings is 2. The second-order valence-corrected chi connectivity index (χ2v) is 9.67. The molecule has 0 radical (unpaired) electrons. The number of likely N-dealkylation sites (tertiary alicyclic amines) is 1. The monoisotopic (exact) mass is 462 g/mol. The van der Waals surface area contributed by atoms with Crippen molar-refractivity contribution in [2.45, 2.75) is 44.7 Å². The molecule has 0 N–H and O–H groups in total. The van der Waals surface area contributed by atoms with Gasteiger partial charge >= 0.3 is 0 Å². The summed E-state index contributed by atoms with van der Waals surface area (Å²) >= 11 is 0. The maximum Gasteiger partial charge on any atom is 0.225 e. The van der Waals surface area contributed by atoms with Crippen LogP contribution in [0.15, 0.2) is 61.2 Å². The van der Waals surface area contributed by atoms with E-state index in [1.807, 2.05) is 31.3 Å². The molecular formula is C29H38N2O3. The normalized spacial score (nSPS) is 17.7. The number of carbonyl (C=O) groups is 1. The zero-order valence-electron chi connectivity index (χ0n) is 20.6. The van der Waals surface area contributed by atoms with Crippen molar-refractivity contribution < 1.29 is 14.3 Å². The molecule has 0 aromatic heterocycles. The number of hydrogen-bond acceptors (Lipinski definition) is 4. The largest absolute Gasteiger partial charge is 0.497 e. The van der Waals surface area contributed by atoms with Crippen LogP contribution in [0.2, 0.25) is 0 Å². The number of para-hydroxylation sites is 1. The number of rotatable bonds is 11. The summed E-state index contributed by atoms with van der Waals surface area (Å²) in [5.41, 5.74) is 2.45. The smallest absolute Gasteiger partial charge is 0.225 e. The van der Waals surface area contributed by atoms with Crippen LogP contribution in [-0.4, -0.2) is 55.6 Å². The maximum absolute atomic E-state index is 13.0. The van der Waals surface area contributed by atoms with Crippen molar-refractivity contribution in [2.75, 3.05) is 33.9 Å². The van der Waals surface area contributed by atoms with Gasteiger partial charge < -0.3 is 14.4 Å². The van der Waals surface area contributed by atoms with E-state index in [-0.39, 0.29) is 12.0 Å². The molecule has 4 rings (SSSR count). The van der Waals surface area contributed by atoms with Crippen LogP contribution in [0.1, 0.15) is 36.8 Å². The summed E-state index contributed by atoms with van der Waals surface area (Å²) < 4.78 is 11.3. The van der Waals surface area contributed by atoms with Crippen LogP contribution in [0.3, 0.4) is 0 Å². The van der Waals surface area contributed by atoms with Gasteiger partial charge in [0.25, 0.3) is 0 Å². The Kier molecular flexibility index (Phi) is 8.28. The van der Waals surface area contributed by atoms with Crippen LogP contribution in [0, 0.1) is 11.8 Å². The summed E-state index contributed by atoms with van der Waals surface area (Å²) in [6.07, 6.45) is 6.92. The number of nitrogens with zero attached hydrogens (tertiary/aromatic N) is 2. The minimum atomic E-state index is 0.213. The van der Waals surface area contributed by atoms with Gasteiger partial charge in [-0.15, -0.1) is 0 Å². The Labute approximate surface area is 204 Å². The maximum atomic E-state index is 13.0. The molecule has 5 heteroatoms. The summed E-state index contributed by atoms with van der Waals surface area (Å²) in [4.78, 5) is 17.6. The summed E-state index contributed by atoms with van der Waals surface area (Å²) in [6.45, 7) is 7.22. The van der Waals surface area contributed by atoms with Gasteiger partial charge in [-0.3, -0.25) is 9.69 Å². The average molecular weight is 463 g/mol. The standard InChI is InChI=1S/C29H38N2O3/c1-4-18-34-28-11-6-5-9-25(28)21-31-16-14-23(15-17-31)27(30(2)29(32)24-12-13-24)20-22-8-7-10-26(19-22)33-3/h4-11,19,23-24,27H,1,12-18,20-21H2,2-3H3. The molecule has 0 bridgehead atoms. The van der Waals surface area contributed by atoms with E-state index in [2.05, 4.69) is 40.6 Å². The molecular weight excluding hydrogens is 424 g/mol. The second-order valence-electron chi connectivity index (χ2n) is 9.67. The SMILES string of the molecule is C=CCOc1ccccc1CN1CCC(C(Cc2cccc(OC)c2)N(C)C(=O)C2CC2)CC1. The third-order valence-electron chi connectivity index (χ3n) is 7.25. The molecule has 0 spiro atoms. The van der Waals surface area contributed by atoms with Crippen molar-refractivity contribution in [3.05, 3.63) is 72.3 Å². The summed E-state index contributed by atoms with van der Waals surface area (Å²) in [5, 5.41) is 0. The molecule has 1 aliphatic heterocycles. The van der Waals surface area contributed by atoms with E-state index < -0.39 is 0 Å². The third kappa shape index (κ3) is 6.20. The predicted molar refractivity (Wildman–Crippen MR) is 136 cm³/mol. The Bertz CT molecular complexity index is 963. The number of piperidine rings is 1. The Balaban J connectivity index is 1.42. The number of amides is 1. The molecule has 2 aromatic carbocycles. The van der Waals surface area contributed by atoms with E-state index in [0.29, 0.717) is 18.4 Å². The quantitative estimate of drug-likeness (QED) is 0.443. The van der Waals surface area contributed by atoms with Crippen molar-refractivity contribution >= 4 is 5.91 Å². The van der Waals surface area contributed by atoms with Crippen LogP contribution in [0.25, 0.3) is 0 Å². The molecule has 1 amide bonds. The lowest BCUT2D eigenvalue weighted by Crippen LogP contribution is -2.47. The van der Waals surface area contributed by atoms with Crippen molar-refractivity contribution in [3.63, 3.8) is 0 Å². The lowest BCUT2D eigenvalue weighted by atomic mass is 9.84. The zero-order valence-corrected chi connectivity index (χ0v) is 20.6. The fourth-order valence-corrected chi connectivity index (χ4v) is 5.10. The third-order valence-corrected chi connectivity index (χ3v) is 7.25. The summed E-state index contributed by atoms with van der Waals surface area (Å²) in [7, 11) is 3.72. The molecule has 1 saturated carbocycles. The Hall–Kier alpha value is -2.79. The number of hydrogen-bond donors (Lipinski definition) is 0. The first-order valence-electron chi connectivity index (χ1n) is 12.5. The first kappa shape index (κ1) is 24.3. The van der Waals surface area contributed by atoms with E-state index in [4.69, 9.17) is 9.47 Å². The van der Waals surface area contributed by atoms with E-state index >= 15 is 0 Å². The lowest BCUT2D eigenvalue weighted by Gasteiger charge is -2.40. The number of ether oxygens (including phenoxy) is 2. The van der Waals surface area contributed by atoms with Crippen LogP contribution < -0.4 is 9.47 Å². The van der Waals surface area contributed by atoms with Crippen molar-refractivity contribution in [3.8, 4) is 11.5 Å². The summed E-state index contributed by atoms with van der Waals surface area (Å²) in [6, 6.07) is 16.8. The van der Waals surface area contributed by atoms with Gasteiger partial charge in [-0.2, -0.15) is 0 Å². The van der Waals surface area contributed by atoms with Gasteiger partial charge in [0.05, 0.1) is 7.11 Å². The molecule has 1 saturated heterocycles. The van der Waals surface area contributed by atoms with Crippen molar-refractivity contribution in [1.29, 1.82) is 0 Å². The van der Waals surface area contributed by atoms with Gasteiger partial charge in [0.2, 0.25) is 5.91 Å². The minimum absolute atomic E-state index is 0.213. The van der Waals surface area contributed by atoms with Crippen LogP contribution >= 0.6 is 0 Å². The first-order valence-corrected chi connectivity index (χ1v) is 12.5. The zero-order chi connectivity index (χ0) is 23.9. The molecule has 1 aliphatic carbocycles. The summed E-state index contributed by atoms with van der Waals surface area (Å²) in [5.74, 6) is 2.87. The second kappa shape index (κ2) is 11.6. The Morgan fingerprint density at radius 2 is 1.91 bits per heavy atom. The fraction of sp³-hybridized carbons (Fsp3) is 0.483. The van der Waals surface area contributed by atoms with E-state index in [1.165, 1.54) is 11.1 Å². The van der Waals surface area contributed by atoms with Gasteiger partial charge in [-0.05, 0) is 74.9 Å². The fourth-order valence-electron chi connectivity index (χ4n) is 5.10. The highest BCUT2D eigenvalue weighted by Crippen LogP contribution is 2.34. The highest BCUT2D eigenvalue weighted by Gasteiger charge is 2.38. The lowest BCUT2D eigenvalue weighted by molar-refractivity contribution is -0.134. The Morgan fingerprint density at radius 1 is 1.15 bits per heavy atom. The van der Waals surface area contributed by atoms with Crippen molar-refractivity contribution in [2.24, 2.45) is 11.8 Å². The number of methoxy groups -OCH3 is 1. The van der Waals surface area contributed by atoms with E-state index in [9.17, 15) is 4.79 Å². The van der Waals surface area contributed by atoms with Gasteiger partial charge in [0.15, 0.2) is 0 Å². The molecule has 182 valence electrons. The van der Waals surface area contributed by atoms with E-state index in [1.54, 1.807) is 13.2 Å². The van der Waals surface area contributed by atoms with Gasteiger partial charge in [0, 0.05) is 31.1 Å². The van der Waals surface area contributed by atoms with Gasteiger partial charge in [0.1, 0.15) is 18.1 Å². The molecule has 1 unspecified atom stereocenters. The highest BCUT2D eigenvalue weighted by atomic mass is 16.5. The van der Waals surface area contributed by atoms with Crippen molar-refractivity contribution in [1.82, 2.24) is 9.80 Å². The highest BCUT2D eigenvalue weighted by molar-refractivity contribution is 5.81. The van der Waals surface area contributed by atoms with Crippen LogP contribution in [0.5, 0.6) is 11.5 Å². The average Bonchev–Trinajstić information content (AvgIpc) is 3.72. The number of likely N-dealkylation sites (N-methyl/N-ethyl adjacent to an activating group) is 1. The molecule has 2 aromatic rings. The predicted octanol–water partition coefficient (Wildman–Crippen LogP) is 4.95. The molecule has 1 heterocycles. The first-order chi connectivity index (χ1) is 16.6. The van der Waals surface area contributed by atoms with Gasteiger partial charge in [-0.1, -0.05) is 43.0 Å². The van der Waals surface area contributed by atoms with Gasteiger partial charge in [-0.25, -0.2) is 0 Å². The topological polar surface area (TPSA) is 42.0 Å². The molecule has 2 fully saturated rings. The Morgan fingerprint density at radius 3 is 2.62 bits per heavy atom. The molecule has 2 aliphatic rings. The molecule has 34 heavy (non-hydrogen) atoms. The van der Waals surface area contributed by atoms with Crippen LogP contribution in [0.4, 0.5) is 0 Å².